The Kier molecular flexibility index (Phi) is 6.26. The van der Waals surface area contributed by atoms with E-state index in [0.717, 1.165) is 36.9 Å². The molecule has 0 aromatic heterocycles. The van der Waals surface area contributed by atoms with Gasteiger partial charge < -0.3 is 11.1 Å². The lowest BCUT2D eigenvalue weighted by Crippen LogP contribution is -2.30. The van der Waals surface area contributed by atoms with Crippen molar-refractivity contribution in [1.29, 1.82) is 0 Å². The van der Waals surface area contributed by atoms with E-state index in [1.54, 1.807) is 0 Å². The van der Waals surface area contributed by atoms with Crippen LogP contribution in [0.4, 0.5) is 5.69 Å². The van der Waals surface area contributed by atoms with E-state index in [1.807, 2.05) is 24.3 Å². The van der Waals surface area contributed by atoms with Crippen molar-refractivity contribution in [3.63, 3.8) is 0 Å². The van der Waals surface area contributed by atoms with Gasteiger partial charge in [0.15, 0.2) is 0 Å². The molecule has 0 aliphatic rings. The molecule has 0 spiro atoms. The van der Waals surface area contributed by atoms with E-state index in [0.29, 0.717) is 6.54 Å². The lowest BCUT2D eigenvalue weighted by atomic mass is 9.98. The van der Waals surface area contributed by atoms with Gasteiger partial charge in [-0.25, -0.2) is 0 Å². The Morgan fingerprint density at radius 1 is 1.28 bits per heavy atom. The number of rotatable bonds is 7. The zero-order chi connectivity index (χ0) is 13.4. The second kappa shape index (κ2) is 7.75. The van der Waals surface area contributed by atoms with E-state index in [4.69, 9.17) is 5.73 Å². The molecule has 1 aromatic carbocycles. The number of carbonyl (C=O) groups excluding carboxylic acids is 1. The molecule has 1 rings (SSSR count). The van der Waals surface area contributed by atoms with Gasteiger partial charge in [-0.2, -0.15) is 0 Å². The molecular formula is C15H24N2O. The fourth-order valence-electron chi connectivity index (χ4n) is 1.94. The van der Waals surface area contributed by atoms with Crippen molar-refractivity contribution in [2.45, 2.75) is 46.1 Å². The van der Waals surface area contributed by atoms with Crippen LogP contribution in [-0.2, 0) is 11.3 Å². The fourth-order valence-corrected chi connectivity index (χ4v) is 1.94. The lowest BCUT2D eigenvalue weighted by molar-refractivity contribution is -0.125. The molecule has 0 heterocycles. The molecule has 1 aromatic rings. The highest BCUT2D eigenvalue weighted by Gasteiger charge is 2.14. The Labute approximate surface area is 110 Å². The van der Waals surface area contributed by atoms with E-state index in [2.05, 4.69) is 19.2 Å². The number of amides is 1. The van der Waals surface area contributed by atoms with E-state index in [1.165, 1.54) is 0 Å². The van der Waals surface area contributed by atoms with Gasteiger partial charge in [-0.05, 0) is 30.5 Å². The van der Waals surface area contributed by atoms with Crippen LogP contribution in [0.3, 0.4) is 0 Å². The molecule has 3 heteroatoms. The summed E-state index contributed by atoms with van der Waals surface area (Å²) in [5.41, 5.74) is 7.46. The van der Waals surface area contributed by atoms with Gasteiger partial charge in [0, 0.05) is 18.2 Å². The highest BCUT2D eigenvalue weighted by Crippen LogP contribution is 2.13. The van der Waals surface area contributed by atoms with Crippen LogP contribution >= 0.6 is 0 Å². The second-order valence-corrected chi connectivity index (χ2v) is 4.71. The van der Waals surface area contributed by atoms with E-state index < -0.39 is 0 Å². The predicted molar refractivity (Wildman–Crippen MR) is 76.0 cm³/mol. The highest BCUT2D eigenvalue weighted by atomic mass is 16.1. The summed E-state index contributed by atoms with van der Waals surface area (Å²) in [5, 5.41) is 3.00. The van der Waals surface area contributed by atoms with Gasteiger partial charge in [-0.15, -0.1) is 0 Å². The molecule has 0 aliphatic carbocycles. The Morgan fingerprint density at radius 3 is 2.50 bits per heavy atom. The quantitative estimate of drug-likeness (QED) is 0.728. The van der Waals surface area contributed by atoms with E-state index in [-0.39, 0.29) is 11.8 Å². The van der Waals surface area contributed by atoms with Crippen molar-refractivity contribution in [1.82, 2.24) is 5.32 Å². The largest absolute Gasteiger partial charge is 0.399 e. The Hall–Kier alpha value is -1.51. The maximum atomic E-state index is 12.0. The minimum Gasteiger partial charge on any atom is -0.399 e. The van der Waals surface area contributed by atoms with Gasteiger partial charge in [0.05, 0.1) is 0 Å². The van der Waals surface area contributed by atoms with Gasteiger partial charge in [0.2, 0.25) is 5.91 Å². The Morgan fingerprint density at radius 2 is 1.94 bits per heavy atom. The van der Waals surface area contributed by atoms with Crippen LogP contribution in [0.25, 0.3) is 0 Å². The van der Waals surface area contributed by atoms with Crippen LogP contribution in [0.1, 0.15) is 45.1 Å². The first-order valence-corrected chi connectivity index (χ1v) is 6.79. The highest BCUT2D eigenvalue weighted by molar-refractivity contribution is 5.78. The number of hydrogen-bond acceptors (Lipinski definition) is 2. The summed E-state index contributed by atoms with van der Waals surface area (Å²) in [5.74, 6) is 0.321. The average molecular weight is 248 g/mol. The number of nitrogens with one attached hydrogen (secondary N) is 1. The fraction of sp³-hybridized carbons (Fsp3) is 0.533. The number of anilines is 1. The normalized spacial score (nSPS) is 12.1. The molecular weight excluding hydrogens is 224 g/mol. The SMILES string of the molecule is CCCCC(CC)C(=O)NCc1ccc(N)cc1. The third-order valence-electron chi connectivity index (χ3n) is 3.22. The lowest BCUT2D eigenvalue weighted by Gasteiger charge is -2.14. The molecule has 0 fully saturated rings. The van der Waals surface area contributed by atoms with Crippen LogP contribution in [-0.4, -0.2) is 5.91 Å². The zero-order valence-electron chi connectivity index (χ0n) is 11.4. The predicted octanol–water partition coefficient (Wildman–Crippen LogP) is 3.10. The van der Waals surface area contributed by atoms with Crippen LogP contribution < -0.4 is 11.1 Å². The summed E-state index contributed by atoms with van der Waals surface area (Å²) in [6.07, 6.45) is 4.16. The van der Waals surface area contributed by atoms with Crippen molar-refractivity contribution in [2.75, 3.05) is 5.73 Å². The molecule has 0 bridgehead atoms. The maximum absolute atomic E-state index is 12.0. The number of nitrogens with two attached hydrogens (primary N) is 1. The minimum absolute atomic E-state index is 0.152. The molecule has 0 saturated carbocycles. The first kappa shape index (κ1) is 14.6. The standard InChI is InChI=1S/C15H24N2O/c1-3-5-6-13(4-2)15(18)17-11-12-7-9-14(16)10-8-12/h7-10,13H,3-6,11,16H2,1-2H3,(H,17,18). The molecule has 0 radical (unpaired) electrons. The number of carbonyl (C=O) groups is 1. The third-order valence-corrected chi connectivity index (χ3v) is 3.22. The molecule has 0 saturated heterocycles. The van der Waals surface area contributed by atoms with Crippen molar-refractivity contribution in [2.24, 2.45) is 5.92 Å². The van der Waals surface area contributed by atoms with Crippen molar-refractivity contribution in [3.05, 3.63) is 29.8 Å². The van der Waals surface area contributed by atoms with Crippen molar-refractivity contribution < 1.29 is 4.79 Å². The van der Waals surface area contributed by atoms with Crippen LogP contribution in [0.2, 0.25) is 0 Å². The molecule has 1 unspecified atom stereocenters. The summed E-state index contributed by atoms with van der Waals surface area (Å²) in [7, 11) is 0. The zero-order valence-corrected chi connectivity index (χ0v) is 11.4. The maximum Gasteiger partial charge on any atom is 0.223 e. The minimum atomic E-state index is 0.152. The number of unbranched alkanes of at least 4 members (excludes halogenated alkanes) is 1. The summed E-state index contributed by atoms with van der Waals surface area (Å²) >= 11 is 0. The molecule has 3 nitrogen and oxygen atoms in total. The van der Waals surface area contributed by atoms with Crippen molar-refractivity contribution in [3.8, 4) is 0 Å². The van der Waals surface area contributed by atoms with Crippen molar-refractivity contribution >= 4 is 11.6 Å². The smallest absolute Gasteiger partial charge is 0.223 e. The van der Waals surface area contributed by atoms with Gasteiger partial charge in [0.25, 0.3) is 0 Å². The molecule has 0 aliphatic heterocycles. The first-order chi connectivity index (χ1) is 8.67. The summed E-state index contributed by atoms with van der Waals surface area (Å²) < 4.78 is 0. The number of benzene rings is 1. The number of hydrogen-bond donors (Lipinski definition) is 2. The first-order valence-electron chi connectivity index (χ1n) is 6.79. The Bertz CT molecular complexity index is 359. The van der Waals surface area contributed by atoms with Crippen LogP contribution in [0.5, 0.6) is 0 Å². The molecule has 3 N–H and O–H groups in total. The molecule has 100 valence electrons. The Balaban J connectivity index is 2.41. The molecule has 1 atom stereocenters. The topological polar surface area (TPSA) is 55.1 Å². The third kappa shape index (κ3) is 4.78. The number of nitrogen functional groups attached to an aromatic ring is 1. The summed E-state index contributed by atoms with van der Waals surface area (Å²) in [6.45, 7) is 4.81. The van der Waals surface area contributed by atoms with E-state index >= 15 is 0 Å². The van der Waals surface area contributed by atoms with Gasteiger partial charge in [-0.1, -0.05) is 38.8 Å². The summed E-state index contributed by atoms with van der Waals surface area (Å²) in [4.78, 5) is 12.0. The van der Waals surface area contributed by atoms with Crippen LogP contribution in [0.15, 0.2) is 24.3 Å². The monoisotopic (exact) mass is 248 g/mol. The van der Waals surface area contributed by atoms with Gasteiger partial charge in [-0.3, -0.25) is 4.79 Å². The average Bonchev–Trinajstić information content (AvgIpc) is 2.39. The summed E-state index contributed by atoms with van der Waals surface area (Å²) in [6, 6.07) is 7.61. The van der Waals surface area contributed by atoms with Gasteiger partial charge in [0.1, 0.15) is 0 Å². The molecule has 1 amide bonds. The second-order valence-electron chi connectivity index (χ2n) is 4.71. The van der Waals surface area contributed by atoms with Gasteiger partial charge >= 0.3 is 0 Å². The molecule has 18 heavy (non-hydrogen) atoms. The van der Waals surface area contributed by atoms with Crippen LogP contribution in [0, 0.1) is 5.92 Å². The van der Waals surface area contributed by atoms with E-state index in [9.17, 15) is 4.79 Å².